The normalized spacial score (nSPS) is 15.4. The molecular weight excluding hydrogens is 238 g/mol. The third-order valence-corrected chi connectivity index (χ3v) is 3.96. The van der Waals surface area contributed by atoms with Crippen molar-refractivity contribution in [2.24, 2.45) is 0 Å². The van der Waals surface area contributed by atoms with E-state index in [1.807, 2.05) is 13.0 Å². The van der Waals surface area contributed by atoms with E-state index in [9.17, 15) is 4.79 Å². The monoisotopic (exact) mass is 253 g/mol. The van der Waals surface area contributed by atoms with Gasteiger partial charge in [-0.25, -0.2) is 4.79 Å². The Morgan fingerprint density at radius 2 is 2.35 bits per heavy atom. The number of carbonyl (C=O) groups is 1. The highest BCUT2D eigenvalue weighted by Gasteiger charge is 2.17. The summed E-state index contributed by atoms with van der Waals surface area (Å²) in [4.78, 5) is 14.0. The highest BCUT2D eigenvalue weighted by molar-refractivity contribution is 7.99. The van der Waals surface area contributed by atoms with Crippen LogP contribution in [0.4, 0.5) is 4.79 Å². The van der Waals surface area contributed by atoms with Gasteiger partial charge in [-0.1, -0.05) is 6.92 Å². The van der Waals surface area contributed by atoms with Crippen molar-refractivity contribution in [3.63, 3.8) is 0 Å². The van der Waals surface area contributed by atoms with Gasteiger partial charge in [-0.3, -0.25) is 4.90 Å². The third-order valence-electron chi connectivity index (χ3n) is 2.70. The topological polar surface area (TPSA) is 49.8 Å². The zero-order valence-electron chi connectivity index (χ0n) is 9.90. The molecule has 1 heterocycles. The second kappa shape index (κ2) is 4.98. The Hall–Kier alpha value is -1.20. The molecule has 0 fully saturated rings. The molecule has 5 heteroatoms. The van der Waals surface area contributed by atoms with E-state index in [2.05, 4.69) is 18.0 Å². The summed E-state index contributed by atoms with van der Waals surface area (Å²) >= 11 is 1.71. The zero-order chi connectivity index (χ0) is 12.4. The Morgan fingerprint density at radius 1 is 1.59 bits per heavy atom. The summed E-state index contributed by atoms with van der Waals surface area (Å²) in [6, 6.07) is 3.90. The second-order valence-corrected chi connectivity index (χ2v) is 5.06. The van der Waals surface area contributed by atoms with Crippen LogP contribution in [-0.4, -0.2) is 29.1 Å². The van der Waals surface area contributed by atoms with Crippen molar-refractivity contribution in [2.75, 3.05) is 12.9 Å². The van der Waals surface area contributed by atoms with Crippen LogP contribution in [0.25, 0.3) is 0 Å². The standard InChI is InChI=1S/C12H15NO3S/c1-3-8-4-9-6-13(2)7-17-11(9)5-10(8)16-12(14)15/h4-5H,3,6-7H2,1-2H3,(H,14,15). The number of benzene rings is 1. The van der Waals surface area contributed by atoms with E-state index < -0.39 is 6.16 Å². The van der Waals surface area contributed by atoms with Crippen molar-refractivity contribution in [1.82, 2.24) is 4.90 Å². The van der Waals surface area contributed by atoms with Crippen LogP contribution in [0.1, 0.15) is 18.1 Å². The molecule has 1 aliphatic heterocycles. The van der Waals surface area contributed by atoms with Gasteiger partial charge in [0.25, 0.3) is 0 Å². The first kappa shape index (κ1) is 12.3. The first-order valence-electron chi connectivity index (χ1n) is 5.48. The van der Waals surface area contributed by atoms with Crippen LogP contribution in [0.5, 0.6) is 5.75 Å². The average molecular weight is 253 g/mol. The van der Waals surface area contributed by atoms with Gasteiger partial charge in [0.15, 0.2) is 0 Å². The van der Waals surface area contributed by atoms with Crippen LogP contribution in [0.2, 0.25) is 0 Å². The molecule has 0 saturated heterocycles. The lowest BCUT2D eigenvalue weighted by molar-refractivity contribution is 0.144. The fourth-order valence-electron chi connectivity index (χ4n) is 1.90. The average Bonchev–Trinajstić information content (AvgIpc) is 2.28. The van der Waals surface area contributed by atoms with Crippen molar-refractivity contribution in [2.45, 2.75) is 24.8 Å². The maximum atomic E-state index is 10.6. The predicted octanol–water partition coefficient (Wildman–Crippen LogP) is 2.80. The molecule has 0 atom stereocenters. The van der Waals surface area contributed by atoms with E-state index in [-0.39, 0.29) is 0 Å². The lowest BCUT2D eigenvalue weighted by Gasteiger charge is -2.25. The first-order valence-corrected chi connectivity index (χ1v) is 6.46. The summed E-state index contributed by atoms with van der Waals surface area (Å²) in [6.45, 7) is 2.90. The van der Waals surface area contributed by atoms with Gasteiger partial charge in [0.2, 0.25) is 0 Å². The number of thioether (sulfide) groups is 1. The molecule has 0 spiro atoms. The highest BCUT2D eigenvalue weighted by Crippen LogP contribution is 2.35. The smallest absolute Gasteiger partial charge is 0.449 e. The van der Waals surface area contributed by atoms with E-state index in [0.29, 0.717) is 5.75 Å². The van der Waals surface area contributed by atoms with Crippen molar-refractivity contribution in [3.8, 4) is 5.75 Å². The number of ether oxygens (including phenoxy) is 1. The fourth-order valence-corrected chi connectivity index (χ4v) is 2.85. The number of nitrogens with zero attached hydrogens (tertiary/aromatic N) is 1. The molecule has 1 aliphatic rings. The minimum atomic E-state index is -1.25. The maximum Gasteiger partial charge on any atom is 0.511 e. The number of aryl methyl sites for hydroxylation is 1. The summed E-state index contributed by atoms with van der Waals surface area (Å²) < 4.78 is 4.82. The van der Waals surface area contributed by atoms with Crippen molar-refractivity contribution < 1.29 is 14.6 Å². The van der Waals surface area contributed by atoms with E-state index >= 15 is 0 Å². The lowest BCUT2D eigenvalue weighted by atomic mass is 10.1. The Morgan fingerprint density at radius 3 is 3.00 bits per heavy atom. The summed E-state index contributed by atoms with van der Waals surface area (Å²) in [7, 11) is 2.07. The molecule has 0 aliphatic carbocycles. The number of hydrogen-bond donors (Lipinski definition) is 1. The van der Waals surface area contributed by atoms with Gasteiger partial charge in [0.1, 0.15) is 5.75 Å². The molecule has 0 aromatic heterocycles. The third kappa shape index (κ3) is 2.73. The van der Waals surface area contributed by atoms with Crippen molar-refractivity contribution in [3.05, 3.63) is 23.3 Å². The van der Waals surface area contributed by atoms with E-state index in [1.165, 1.54) is 5.56 Å². The minimum Gasteiger partial charge on any atom is -0.449 e. The van der Waals surface area contributed by atoms with Gasteiger partial charge in [0, 0.05) is 17.3 Å². The molecular formula is C12H15NO3S. The van der Waals surface area contributed by atoms with Gasteiger partial charge < -0.3 is 9.84 Å². The zero-order valence-corrected chi connectivity index (χ0v) is 10.7. The van der Waals surface area contributed by atoms with Gasteiger partial charge in [-0.15, -0.1) is 11.8 Å². The van der Waals surface area contributed by atoms with E-state index in [0.717, 1.165) is 29.3 Å². The van der Waals surface area contributed by atoms with Crippen LogP contribution >= 0.6 is 11.8 Å². The summed E-state index contributed by atoms with van der Waals surface area (Å²) in [5, 5.41) is 8.70. The first-order chi connectivity index (χ1) is 8.10. The Labute approximate surface area is 105 Å². The Balaban J connectivity index is 2.37. The quantitative estimate of drug-likeness (QED) is 0.648. The van der Waals surface area contributed by atoms with Crippen molar-refractivity contribution >= 4 is 17.9 Å². The maximum absolute atomic E-state index is 10.6. The van der Waals surface area contributed by atoms with Gasteiger partial charge in [-0.05, 0) is 36.7 Å². The summed E-state index contributed by atoms with van der Waals surface area (Å²) in [5.41, 5.74) is 2.19. The van der Waals surface area contributed by atoms with Crippen LogP contribution in [0, 0.1) is 0 Å². The number of carboxylic acid groups (broad SMARTS) is 1. The predicted molar refractivity (Wildman–Crippen MR) is 66.7 cm³/mol. The highest BCUT2D eigenvalue weighted by atomic mass is 32.2. The molecule has 92 valence electrons. The molecule has 0 saturated carbocycles. The van der Waals surface area contributed by atoms with Crippen molar-refractivity contribution in [1.29, 1.82) is 0 Å². The molecule has 0 radical (unpaired) electrons. The fraction of sp³-hybridized carbons (Fsp3) is 0.417. The number of hydrogen-bond acceptors (Lipinski definition) is 4. The largest absolute Gasteiger partial charge is 0.511 e. The molecule has 1 aromatic rings. The molecule has 17 heavy (non-hydrogen) atoms. The number of rotatable bonds is 2. The van der Waals surface area contributed by atoms with Gasteiger partial charge >= 0.3 is 6.16 Å². The SMILES string of the molecule is CCc1cc2c(cc1OC(=O)O)SCN(C)C2. The van der Waals surface area contributed by atoms with Crippen LogP contribution in [0.3, 0.4) is 0 Å². The van der Waals surface area contributed by atoms with Crippen LogP contribution < -0.4 is 4.74 Å². The lowest BCUT2D eigenvalue weighted by Crippen LogP contribution is -2.21. The molecule has 1 N–H and O–H groups in total. The molecule has 2 rings (SSSR count). The number of fused-ring (bicyclic) bond motifs is 1. The molecule has 1 aromatic carbocycles. The minimum absolute atomic E-state index is 0.468. The molecule has 0 amide bonds. The Bertz CT molecular complexity index is 448. The van der Waals surface area contributed by atoms with E-state index in [4.69, 9.17) is 9.84 Å². The molecule has 0 bridgehead atoms. The van der Waals surface area contributed by atoms with Crippen LogP contribution in [0.15, 0.2) is 17.0 Å². The summed E-state index contributed by atoms with van der Waals surface area (Å²) in [6.07, 6.45) is -0.484. The van der Waals surface area contributed by atoms with Gasteiger partial charge in [0.05, 0.1) is 0 Å². The van der Waals surface area contributed by atoms with Gasteiger partial charge in [-0.2, -0.15) is 0 Å². The molecule has 4 nitrogen and oxygen atoms in total. The van der Waals surface area contributed by atoms with E-state index in [1.54, 1.807) is 11.8 Å². The second-order valence-electron chi connectivity index (χ2n) is 4.08. The summed E-state index contributed by atoms with van der Waals surface area (Å²) in [5.74, 6) is 1.39. The Kier molecular flexibility index (Phi) is 3.59. The van der Waals surface area contributed by atoms with Crippen LogP contribution in [-0.2, 0) is 13.0 Å². The molecule has 0 unspecified atom stereocenters.